The number of halogens is 2. The quantitative estimate of drug-likeness (QED) is 0.250. The number of likely N-dealkylation sites (tertiary alicyclic amines) is 1. The number of benzene rings is 3. The van der Waals surface area contributed by atoms with Gasteiger partial charge in [-0.25, -0.2) is 9.29 Å². The summed E-state index contributed by atoms with van der Waals surface area (Å²) in [5.41, 5.74) is 0.862. The number of hydrogen-bond acceptors (Lipinski definition) is 8. The number of methoxy groups -OCH3 is 2. The molecule has 3 aromatic rings. The Kier molecular flexibility index (Phi) is 7.93. The first kappa shape index (κ1) is 32.6. The number of hydrogen-bond donors (Lipinski definition) is 2. The van der Waals surface area contributed by atoms with Crippen LogP contribution in [0.1, 0.15) is 36.8 Å². The Hall–Kier alpha value is -4.90. The van der Waals surface area contributed by atoms with E-state index in [0.717, 1.165) is 22.1 Å². The van der Waals surface area contributed by atoms with E-state index in [9.17, 15) is 33.8 Å². The summed E-state index contributed by atoms with van der Waals surface area (Å²) in [5, 5.41) is 20.2. The molecule has 2 aliphatic heterocycles. The first-order valence-corrected chi connectivity index (χ1v) is 16.4. The maximum Gasteiger partial charge on any atom is 0.241 e. The van der Waals surface area contributed by atoms with Gasteiger partial charge in [0.25, 0.3) is 0 Å². The summed E-state index contributed by atoms with van der Waals surface area (Å²) in [6, 6.07) is 13.4. The van der Waals surface area contributed by atoms with Crippen molar-refractivity contribution in [3.63, 3.8) is 0 Å². The Morgan fingerprint density at radius 3 is 2.22 bits per heavy atom. The summed E-state index contributed by atoms with van der Waals surface area (Å²) in [6.07, 6.45) is 2.72. The Balaban J connectivity index is 1.33. The summed E-state index contributed by atoms with van der Waals surface area (Å²) in [4.78, 5) is 59.3. The molecule has 6 atom stereocenters. The van der Waals surface area contributed by atoms with E-state index in [1.54, 1.807) is 43.3 Å². The molecule has 12 heteroatoms. The van der Waals surface area contributed by atoms with Crippen LogP contribution in [-0.2, 0) is 25.6 Å². The van der Waals surface area contributed by atoms with Gasteiger partial charge in [-0.1, -0.05) is 35.4 Å². The molecule has 254 valence electrons. The highest BCUT2D eigenvalue weighted by Crippen LogP contribution is 2.64. The Morgan fingerprint density at radius 1 is 0.918 bits per heavy atom. The summed E-state index contributed by atoms with van der Waals surface area (Å²) < 4.78 is 25.1. The molecular weight excluding hydrogens is 655 g/mol. The van der Waals surface area contributed by atoms with Gasteiger partial charge in [-0.15, -0.1) is 0 Å². The van der Waals surface area contributed by atoms with Crippen LogP contribution in [-0.4, -0.2) is 59.5 Å². The van der Waals surface area contributed by atoms with Gasteiger partial charge in [0, 0.05) is 12.5 Å². The van der Waals surface area contributed by atoms with Crippen molar-refractivity contribution in [2.45, 2.75) is 32.1 Å². The van der Waals surface area contributed by atoms with Gasteiger partial charge < -0.3 is 19.7 Å². The molecule has 4 amide bonds. The number of anilines is 1. The van der Waals surface area contributed by atoms with Crippen LogP contribution in [0.5, 0.6) is 23.0 Å². The summed E-state index contributed by atoms with van der Waals surface area (Å²) in [7, 11) is 2.77. The lowest BCUT2D eigenvalue weighted by atomic mass is 9.51. The lowest BCUT2D eigenvalue weighted by Gasteiger charge is -2.49. The van der Waals surface area contributed by atoms with Crippen molar-refractivity contribution in [1.82, 2.24) is 4.90 Å². The van der Waals surface area contributed by atoms with Crippen LogP contribution in [0.15, 0.2) is 66.2 Å². The van der Waals surface area contributed by atoms with E-state index in [1.807, 2.05) is 6.08 Å². The van der Waals surface area contributed by atoms with Gasteiger partial charge in [-0.05, 0) is 85.7 Å². The predicted molar refractivity (Wildman–Crippen MR) is 176 cm³/mol. The van der Waals surface area contributed by atoms with Crippen LogP contribution in [0, 0.1) is 34.9 Å². The second kappa shape index (κ2) is 11.9. The number of phenols is 2. The molecule has 3 fully saturated rings. The SMILES string of the molecule is COc1cc(C2C3=CCC4C(=O)N(CCc5ccc(O)cc5)C(=O)C4C3CC3C(=O)N(c4ccc(F)c(Cl)c4)C(=O)C32C)cc(OC)c1O. The molecule has 1 saturated carbocycles. The lowest BCUT2D eigenvalue weighted by Crippen LogP contribution is -2.48. The summed E-state index contributed by atoms with van der Waals surface area (Å²) >= 11 is 6.09. The normalized spacial score (nSPS) is 27.5. The molecule has 0 spiro atoms. The van der Waals surface area contributed by atoms with E-state index >= 15 is 0 Å². The zero-order valence-corrected chi connectivity index (χ0v) is 27.7. The first-order chi connectivity index (χ1) is 23.4. The largest absolute Gasteiger partial charge is 0.508 e. The fourth-order valence-electron chi connectivity index (χ4n) is 8.54. The van der Waals surface area contributed by atoms with Crippen LogP contribution in [0.3, 0.4) is 0 Å². The van der Waals surface area contributed by atoms with E-state index < -0.39 is 52.6 Å². The number of amides is 4. The van der Waals surface area contributed by atoms with Crippen molar-refractivity contribution in [1.29, 1.82) is 0 Å². The molecule has 7 rings (SSSR count). The minimum Gasteiger partial charge on any atom is -0.508 e. The highest BCUT2D eigenvalue weighted by atomic mass is 35.5. The topological polar surface area (TPSA) is 134 Å². The number of ether oxygens (including phenoxy) is 2. The number of rotatable bonds is 7. The summed E-state index contributed by atoms with van der Waals surface area (Å²) in [5.74, 6) is -5.92. The van der Waals surface area contributed by atoms with Gasteiger partial charge in [0.1, 0.15) is 11.6 Å². The first-order valence-electron chi connectivity index (χ1n) is 16.0. The van der Waals surface area contributed by atoms with Gasteiger partial charge in [0.2, 0.25) is 29.4 Å². The zero-order valence-electron chi connectivity index (χ0n) is 27.0. The van der Waals surface area contributed by atoms with Gasteiger partial charge in [-0.3, -0.25) is 24.1 Å². The van der Waals surface area contributed by atoms with Crippen molar-refractivity contribution < 1.29 is 43.3 Å². The van der Waals surface area contributed by atoms with E-state index in [1.165, 1.54) is 31.3 Å². The third kappa shape index (κ3) is 4.88. The molecule has 3 aromatic carbocycles. The van der Waals surface area contributed by atoms with E-state index in [-0.39, 0.29) is 64.9 Å². The van der Waals surface area contributed by atoms with Crippen LogP contribution >= 0.6 is 11.6 Å². The fourth-order valence-corrected chi connectivity index (χ4v) is 8.71. The van der Waals surface area contributed by atoms with Crippen LogP contribution in [0.25, 0.3) is 0 Å². The number of fused-ring (bicyclic) bond motifs is 4. The highest BCUT2D eigenvalue weighted by Gasteiger charge is 2.67. The third-order valence-corrected chi connectivity index (χ3v) is 11.2. The Bertz CT molecular complexity index is 1920. The zero-order chi connectivity index (χ0) is 34.9. The summed E-state index contributed by atoms with van der Waals surface area (Å²) in [6.45, 7) is 1.87. The van der Waals surface area contributed by atoms with E-state index in [0.29, 0.717) is 12.0 Å². The van der Waals surface area contributed by atoms with Gasteiger partial charge in [0.15, 0.2) is 11.5 Å². The predicted octanol–water partition coefficient (Wildman–Crippen LogP) is 5.38. The maximum absolute atomic E-state index is 14.6. The Labute approximate surface area is 286 Å². The molecular formula is C37H34ClFN2O8. The monoisotopic (exact) mass is 688 g/mol. The standard InChI is InChI=1S/C37H34ClFN2O8/c1-37-25(34(45)41(36(37)47)20-6-11-27(39)26(38)16-20)17-24-22(31(37)19-14-28(48-2)32(43)29(15-19)49-3)9-10-23-30(24)35(46)40(33(23)44)13-12-18-4-7-21(42)8-5-18/h4-9,11,14-16,23-25,30-31,42-43H,10,12-13,17H2,1-3H3. The van der Waals surface area contributed by atoms with E-state index in [4.69, 9.17) is 21.1 Å². The number of carbonyl (C=O) groups is 4. The minimum atomic E-state index is -1.38. The van der Waals surface area contributed by atoms with Crippen LogP contribution < -0.4 is 14.4 Å². The number of phenolic OH excluding ortho intramolecular Hbond substituents is 2. The smallest absolute Gasteiger partial charge is 0.241 e. The molecule has 0 aromatic heterocycles. The molecule has 0 bridgehead atoms. The van der Waals surface area contributed by atoms with Gasteiger partial charge in [-0.2, -0.15) is 0 Å². The van der Waals surface area contributed by atoms with Crippen molar-refractivity contribution in [2.24, 2.45) is 29.1 Å². The number of allylic oxidation sites excluding steroid dienone is 2. The minimum absolute atomic E-state index is 0.0948. The van der Waals surface area contributed by atoms with Crippen molar-refractivity contribution in [2.75, 3.05) is 25.7 Å². The number of carbonyl (C=O) groups excluding carboxylic acids is 4. The molecule has 0 radical (unpaired) electrons. The van der Waals surface area contributed by atoms with Crippen LogP contribution in [0.4, 0.5) is 10.1 Å². The highest BCUT2D eigenvalue weighted by molar-refractivity contribution is 6.31. The van der Waals surface area contributed by atoms with Gasteiger partial charge >= 0.3 is 0 Å². The van der Waals surface area contributed by atoms with E-state index in [2.05, 4.69) is 0 Å². The molecule has 2 aliphatic carbocycles. The van der Waals surface area contributed by atoms with Crippen molar-refractivity contribution >= 4 is 40.9 Å². The molecule has 2 heterocycles. The van der Waals surface area contributed by atoms with Crippen molar-refractivity contribution in [3.8, 4) is 23.0 Å². The van der Waals surface area contributed by atoms with Crippen molar-refractivity contribution in [3.05, 3.63) is 88.2 Å². The Morgan fingerprint density at radius 2 is 1.59 bits per heavy atom. The average Bonchev–Trinajstić information content (AvgIpc) is 3.45. The molecule has 10 nitrogen and oxygen atoms in total. The van der Waals surface area contributed by atoms with Gasteiger partial charge in [0.05, 0.1) is 48.1 Å². The van der Waals surface area contributed by atoms with Crippen LogP contribution in [0.2, 0.25) is 5.02 Å². The second-order valence-corrected chi connectivity index (χ2v) is 13.7. The molecule has 2 saturated heterocycles. The molecule has 4 aliphatic rings. The second-order valence-electron chi connectivity index (χ2n) is 13.3. The molecule has 49 heavy (non-hydrogen) atoms. The molecule has 2 N–H and O–H groups in total. The fraction of sp³-hybridized carbons (Fsp3) is 0.351. The third-order valence-electron chi connectivity index (χ3n) is 10.9. The lowest BCUT2D eigenvalue weighted by molar-refractivity contribution is -0.140. The number of aromatic hydroxyl groups is 2. The number of imide groups is 2. The molecule has 6 unspecified atom stereocenters. The maximum atomic E-state index is 14.6. The number of nitrogens with zero attached hydrogens (tertiary/aromatic N) is 2. The average molecular weight is 689 g/mol.